The molecule has 0 aliphatic carbocycles. The maximum Gasteiger partial charge on any atom is 0.320 e. The van der Waals surface area contributed by atoms with Gasteiger partial charge in [0.15, 0.2) is 0 Å². The Bertz CT molecular complexity index is 740. The smallest absolute Gasteiger partial charge is 0.320 e. The van der Waals surface area contributed by atoms with Crippen LogP contribution in [0.4, 0.5) is 0 Å². The predicted molar refractivity (Wildman–Crippen MR) is 99.7 cm³/mol. The van der Waals surface area contributed by atoms with E-state index in [0.717, 1.165) is 34.9 Å². The average molecular weight is 378 g/mol. The van der Waals surface area contributed by atoms with Gasteiger partial charge in [0.1, 0.15) is 18.4 Å². The van der Waals surface area contributed by atoms with Crippen molar-refractivity contribution in [2.45, 2.75) is 28.7 Å². The van der Waals surface area contributed by atoms with Crippen LogP contribution >= 0.6 is 23.4 Å². The van der Waals surface area contributed by atoms with Crippen LogP contribution < -0.4 is 4.74 Å². The monoisotopic (exact) mass is 377 g/mol. The van der Waals surface area contributed by atoms with Gasteiger partial charge in [0.2, 0.25) is 0 Å². The van der Waals surface area contributed by atoms with Crippen LogP contribution in [0.25, 0.3) is 0 Å². The number of rotatable bonds is 7. The van der Waals surface area contributed by atoms with Gasteiger partial charge < -0.3 is 9.84 Å². The Morgan fingerprint density at radius 2 is 2.12 bits per heavy atom. The molecule has 2 aromatic carbocycles. The fourth-order valence-corrected chi connectivity index (χ4v) is 4.17. The minimum atomic E-state index is -0.741. The Morgan fingerprint density at radius 1 is 1.28 bits per heavy atom. The molecule has 1 saturated heterocycles. The van der Waals surface area contributed by atoms with E-state index in [2.05, 4.69) is 0 Å². The molecule has 132 valence electrons. The van der Waals surface area contributed by atoms with Crippen molar-refractivity contribution in [1.29, 1.82) is 0 Å². The third kappa shape index (κ3) is 4.91. The highest BCUT2D eigenvalue weighted by atomic mass is 35.5. The molecule has 1 heterocycles. The van der Waals surface area contributed by atoms with Crippen molar-refractivity contribution < 1.29 is 14.6 Å². The van der Waals surface area contributed by atoms with E-state index in [-0.39, 0.29) is 6.04 Å². The van der Waals surface area contributed by atoms with Crippen molar-refractivity contribution in [1.82, 2.24) is 4.90 Å². The van der Waals surface area contributed by atoms with E-state index in [9.17, 15) is 9.90 Å². The summed E-state index contributed by atoms with van der Waals surface area (Å²) >= 11 is 7.65. The number of likely N-dealkylation sites (tertiary alicyclic amines) is 1. The van der Waals surface area contributed by atoms with Crippen LogP contribution in [0.1, 0.15) is 12.8 Å². The van der Waals surface area contributed by atoms with Crippen molar-refractivity contribution in [3.63, 3.8) is 0 Å². The zero-order valence-electron chi connectivity index (χ0n) is 13.7. The fourth-order valence-electron chi connectivity index (χ4n) is 2.96. The van der Waals surface area contributed by atoms with Gasteiger partial charge in [0.05, 0.1) is 4.90 Å². The zero-order chi connectivity index (χ0) is 17.6. The molecular weight excluding hydrogens is 358 g/mol. The van der Waals surface area contributed by atoms with Crippen LogP contribution in [0.5, 0.6) is 5.75 Å². The lowest BCUT2D eigenvalue weighted by atomic mass is 10.2. The topological polar surface area (TPSA) is 49.8 Å². The molecule has 0 amide bonds. The van der Waals surface area contributed by atoms with Gasteiger partial charge in [-0.25, -0.2) is 0 Å². The Hall–Kier alpha value is -1.69. The summed E-state index contributed by atoms with van der Waals surface area (Å²) in [4.78, 5) is 15.3. The second-order valence-electron chi connectivity index (χ2n) is 5.89. The summed E-state index contributed by atoms with van der Waals surface area (Å²) in [5, 5.41) is 9.94. The molecule has 25 heavy (non-hydrogen) atoms. The Balaban J connectivity index is 1.60. The predicted octanol–water partition coefficient (Wildman–Crippen LogP) is 4.42. The molecule has 3 rings (SSSR count). The molecule has 1 aliphatic rings. The summed E-state index contributed by atoms with van der Waals surface area (Å²) in [6.07, 6.45) is 1.65. The first-order valence-corrected chi connectivity index (χ1v) is 9.45. The van der Waals surface area contributed by atoms with E-state index in [1.54, 1.807) is 11.8 Å². The molecule has 4 nitrogen and oxygen atoms in total. The van der Waals surface area contributed by atoms with Gasteiger partial charge in [-0.3, -0.25) is 9.69 Å². The van der Waals surface area contributed by atoms with Gasteiger partial charge in [0.25, 0.3) is 0 Å². The number of carboxylic acids is 1. The third-order valence-electron chi connectivity index (χ3n) is 4.16. The molecule has 6 heteroatoms. The molecule has 0 bridgehead atoms. The number of ether oxygens (including phenoxy) is 1. The van der Waals surface area contributed by atoms with Gasteiger partial charge in [-0.05, 0) is 49.7 Å². The Labute approximate surface area is 156 Å². The summed E-state index contributed by atoms with van der Waals surface area (Å²) in [5.41, 5.74) is 0. The first-order chi connectivity index (χ1) is 12.1. The van der Waals surface area contributed by atoms with Crippen LogP contribution in [0.2, 0.25) is 5.02 Å². The second kappa shape index (κ2) is 8.61. The number of carbonyl (C=O) groups is 1. The molecule has 0 radical (unpaired) electrons. The highest BCUT2D eigenvalue weighted by Gasteiger charge is 2.29. The molecule has 0 saturated carbocycles. The summed E-state index contributed by atoms with van der Waals surface area (Å²) in [5.74, 6) is 0.0629. The Morgan fingerprint density at radius 3 is 2.92 bits per heavy atom. The van der Waals surface area contributed by atoms with Gasteiger partial charge in [-0.15, -0.1) is 0 Å². The summed E-state index contributed by atoms with van der Waals surface area (Å²) in [7, 11) is 0. The molecule has 0 aromatic heterocycles. The van der Waals surface area contributed by atoms with Crippen LogP contribution in [0, 0.1) is 0 Å². The first kappa shape index (κ1) is 18.1. The fraction of sp³-hybridized carbons (Fsp3) is 0.316. The number of nitrogens with zero attached hydrogens (tertiary/aromatic N) is 1. The molecule has 1 fully saturated rings. The zero-order valence-corrected chi connectivity index (χ0v) is 15.3. The van der Waals surface area contributed by atoms with Crippen molar-refractivity contribution in [3.05, 3.63) is 53.6 Å². The number of hydrogen-bond acceptors (Lipinski definition) is 4. The van der Waals surface area contributed by atoms with Crippen LogP contribution in [-0.2, 0) is 4.79 Å². The molecule has 0 unspecified atom stereocenters. The van der Waals surface area contributed by atoms with E-state index >= 15 is 0 Å². The highest BCUT2D eigenvalue weighted by molar-refractivity contribution is 7.99. The van der Waals surface area contributed by atoms with Crippen molar-refractivity contribution >= 4 is 29.3 Å². The maximum atomic E-state index is 11.2. The van der Waals surface area contributed by atoms with E-state index < -0.39 is 5.97 Å². The first-order valence-electron chi connectivity index (χ1n) is 8.25. The number of benzene rings is 2. The standard InChI is InChI=1S/C19H20ClNO3S/c20-14-5-3-6-15(13-14)25-18-9-2-1-8-17(18)24-12-11-21-10-4-7-16(21)19(22)23/h1-3,5-6,8-9,13,16H,4,7,10-12H2,(H,22,23)/t16-/m1/s1. The molecule has 0 spiro atoms. The third-order valence-corrected chi connectivity index (χ3v) is 5.44. The second-order valence-corrected chi connectivity index (χ2v) is 7.44. The minimum Gasteiger partial charge on any atom is -0.491 e. The van der Waals surface area contributed by atoms with Crippen molar-refractivity contribution in [3.8, 4) is 5.75 Å². The summed E-state index contributed by atoms with van der Waals surface area (Å²) < 4.78 is 5.94. The number of carboxylic acid groups (broad SMARTS) is 1. The van der Waals surface area contributed by atoms with Gasteiger partial charge >= 0.3 is 5.97 Å². The van der Waals surface area contributed by atoms with Crippen molar-refractivity contribution in [2.75, 3.05) is 19.7 Å². The lowest BCUT2D eigenvalue weighted by Crippen LogP contribution is -2.38. The molecule has 2 aromatic rings. The number of aliphatic carboxylic acids is 1. The Kier molecular flexibility index (Phi) is 6.24. The molecule has 1 atom stereocenters. The lowest BCUT2D eigenvalue weighted by Gasteiger charge is -2.21. The highest BCUT2D eigenvalue weighted by Crippen LogP contribution is 2.35. The SMILES string of the molecule is O=C(O)[C@H]1CCCN1CCOc1ccccc1Sc1cccc(Cl)c1. The average Bonchev–Trinajstić information content (AvgIpc) is 3.05. The van der Waals surface area contributed by atoms with E-state index in [1.165, 1.54) is 0 Å². The largest absolute Gasteiger partial charge is 0.491 e. The number of halogens is 1. The van der Waals surface area contributed by atoms with Crippen LogP contribution in [0.3, 0.4) is 0 Å². The van der Waals surface area contributed by atoms with Crippen molar-refractivity contribution in [2.24, 2.45) is 0 Å². The summed E-state index contributed by atoms with van der Waals surface area (Å²) in [6.45, 7) is 1.91. The van der Waals surface area contributed by atoms with E-state index in [4.69, 9.17) is 16.3 Å². The minimum absolute atomic E-state index is 0.375. The van der Waals surface area contributed by atoms with Crippen LogP contribution in [0.15, 0.2) is 58.3 Å². The quantitative estimate of drug-likeness (QED) is 0.774. The molecule has 1 aliphatic heterocycles. The molecule has 1 N–H and O–H groups in total. The number of para-hydroxylation sites is 1. The van der Waals surface area contributed by atoms with Gasteiger partial charge in [-0.1, -0.05) is 41.6 Å². The normalized spacial score (nSPS) is 17.6. The maximum absolute atomic E-state index is 11.2. The van der Waals surface area contributed by atoms with E-state index in [0.29, 0.717) is 18.2 Å². The number of hydrogen-bond donors (Lipinski definition) is 1. The van der Waals surface area contributed by atoms with E-state index in [1.807, 2.05) is 53.4 Å². The van der Waals surface area contributed by atoms with Gasteiger partial charge in [-0.2, -0.15) is 0 Å². The van der Waals surface area contributed by atoms with Crippen LogP contribution in [-0.4, -0.2) is 41.7 Å². The lowest BCUT2D eigenvalue weighted by molar-refractivity contribution is -0.142. The summed E-state index contributed by atoms with van der Waals surface area (Å²) in [6, 6.07) is 15.2. The molecular formula is C19H20ClNO3S. The van der Waals surface area contributed by atoms with Gasteiger partial charge in [0, 0.05) is 16.5 Å².